The zero-order valence-electron chi connectivity index (χ0n) is 13.4. The number of aliphatic carboxylic acids is 1. The van der Waals surface area contributed by atoms with Crippen LogP contribution in [0.1, 0.15) is 35.5 Å². The maximum absolute atomic E-state index is 12.4. The molecule has 0 aliphatic heterocycles. The average molecular weight is 337 g/mol. The van der Waals surface area contributed by atoms with Gasteiger partial charge in [-0.1, -0.05) is 13.8 Å². The van der Waals surface area contributed by atoms with Crippen LogP contribution in [0.4, 0.5) is 0 Å². The van der Waals surface area contributed by atoms with E-state index in [-0.39, 0.29) is 11.5 Å². The van der Waals surface area contributed by atoms with E-state index in [1.165, 1.54) is 10.9 Å². The molecule has 0 spiro atoms. The molecule has 0 saturated carbocycles. The van der Waals surface area contributed by atoms with E-state index in [1.807, 2.05) is 13.8 Å². The van der Waals surface area contributed by atoms with Crippen molar-refractivity contribution in [2.75, 3.05) is 0 Å². The zero-order valence-corrected chi connectivity index (χ0v) is 14.2. The lowest BCUT2D eigenvalue weighted by Gasteiger charge is -2.16. The quantitative estimate of drug-likeness (QED) is 0.861. The first-order valence-electron chi connectivity index (χ1n) is 7.20. The largest absolute Gasteiger partial charge is 0.480 e. The van der Waals surface area contributed by atoms with Crippen LogP contribution in [0.3, 0.4) is 0 Å². The molecule has 0 fully saturated rings. The molecule has 0 saturated heterocycles. The van der Waals surface area contributed by atoms with Crippen LogP contribution >= 0.6 is 11.3 Å². The van der Waals surface area contributed by atoms with Gasteiger partial charge >= 0.3 is 5.97 Å². The smallest absolute Gasteiger partial charge is 0.326 e. The molecular formula is C15H19N3O4S. The van der Waals surface area contributed by atoms with Gasteiger partial charge in [-0.05, 0) is 24.8 Å². The van der Waals surface area contributed by atoms with Crippen molar-refractivity contribution >= 4 is 33.4 Å². The molecule has 2 aromatic heterocycles. The summed E-state index contributed by atoms with van der Waals surface area (Å²) in [5.41, 5.74) is 0.310. The van der Waals surface area contributed by atoms with Crippen LogP contribution in [0.25, 0.3) is 10.2 Å². The summed E-state index contributed by atoms with van der Waals surface area (Å²) in [5, 5.41) is 12.2. The van der Waals surface area contributed by atoms with E-state index in [0.29, 0.717) is 27.1 Å². The fourth-order valence-corrected chi connectivity index (χ4v) is 3.38. The van der Waals surface area contributed by atoms with E-state index in [0.717, 1.165) is 11.3 Å². The van der Waals surface area contributed by atoms with Gasteiger partial charge in [-0.2, -0.15) is 0 Å². The Morgan fingerprint density at radius 1 is 1.43 bits per heavy atom. The zero-order chi connectivity index (χ0) is 17.3. The van der Waals surface area contributed by atoms with Gasteiger partial charge in [-0.25, -0.2) is 9.78 Å². The predicted octanol–water partition coefficient (Wildman–Crippen LogP) is 1.53. The topological polar surface area (TPSA) is 101 Å². The lowest BCUT2D eigenvalue weighted by molar-refractivity contribution is -0.139. The van der Waals surface area contributed by atoms with Crippen molar-refractivity contribution in [3.63, 3.8) is 0 Å². The van der Waals surface area contributed by atoms with E-state index >= 15 is 0 Å². The van der Waals surface area contributed by atoms with Crippen molar-refractivity contribution in [1.82, 2.24) is 14.9 Å². The number of nitrogens with zero attached hydrogens (tertiary/aromatic N) is 2. The normalized spacial score (nSPS) is 12.6. The third-order valence-corrected chi connectivity index (χ3v) is 4.73. The van der Waals surface area contributed by atoms with Gasteiger partial charge in [0.15, 0.2) is 0 Å². The van der Waals surface area contributed by atoms with Crippen LogP contribution in [0.15, 0.2) is 11.1 Å². The minimum atomic E-state index is -1.07. The first-order chi connectivity index (χ1) is 10.7. The second kappa shape index (κ2) is 6.49. The lowest BCUT2D eigenvalue weighted by Crippen LogP contribution is -2.41. The van der Waals surface area contributed by atoms with Crippen molar-refractivity contribution in [2.24, 2.45) is 13.0 Å². The number of aryl methyl sites for hydroxylation is 2. The van der Waals surface area contributed by atoms with Crippen LogP contribution in [-0.2, 0) is 11.8 Å². The van der Waals surface area contributed by atoms with Gasteiger partial charge in [0.25, 0.3) is 11.5 Å². The summed E-state index contributed by atoms with van der Waals surface area (Å²) >= 11 is 1.10. The Labute approximate surface area is 137 Å². The molecule has 2 rings (SSSR count). The van der Waals surface area contributed by atoms with E-state index in [2.05, 4.69) is 10.3 Å². The number of amides is 1. The van der Waals surface area contributed by atoms with E-state index in [9.17, 15) is 19.5 Å². The third-order valence-electron chi connectivity index (χ3n) is 3.53. The van der Waals surface area contributed by atoms with Gasteiger partial charge < -0.3 is 15.0 Å². The minimum absolute atomic E-state index is 0.133. The van der Waals surface area contributed by atoms with Gasteiger partial charge in [0.1, 0.15) is 10.9 Å². The van der Waals surface area contributed by atoms with Crippen molar-refractivity contribution in [3.8, 4) is 0 Å². The number of hydrogen-bond acceptors (Lipinski definition) is 5. The molecule has 0 aromatic carbocycles. The Kier molecular flexibility index (Phi) is 4.84. The number of carbonyl (C=O) groups excluding carboxylic acids is 1. The van der Waals surface area contributed by atoms with Crippen molar-refractivity contribution in [2.45, 2.75) is 33.2 Å². The van der Waals surface area contributed by atoms with Gasteiger partial charge in [-0.3, -0.25) is 9.59 Å². The van der Waals surface area contributed by atoms with Gasteiger partial charge in [0.05, 0.1) is 16.6 Å². The molecular weight excluding hydrogens is 318 g/mol. The molecule has 1 atom stereocenters. The first kappa shape index (κ1) is 17.1. The van der Waals surface area contributed by atoms with E-state index in [1.54, 1.807) is 14.0 Å². The molecule has 23 heavy (non-hydrogen) atoms. The minimum Gasteiger partial charge on any atom is -0.480 e. The van der Waals surface area contributed by atoms with Crippen molar-refractivity contribution in [3.05, 3.63) is 27.1 Å². The Morgan fingerprint density at radius 3 is 2.65 bits per heavy atom. The highest BCUT2D eigenvalue weighted by atomic mass is 32.1. The second-order valence-corrected chi connectivity index (χ2v) is 6.89. The van der Waals surface area contributed by atoms with E-state index in [4.69, 9.17) is 0 Å². The first-order valence-corrected chi connectivity index (χ1v) is 8.02. The van der Waals surface area contributed by atoms with E-state index < -0.39 is 17.9 Å². The highest BCUT2D eigenvalue weighted by Crippen LogP contribution is 2.26. The number of aromatic nitrogens is 2. The van der Waals surface area contributed by atoms with Crippen LogP contribution < -0.4 is 10.9 Å². The summed E-state index contributed by atoms with van der Waals surface area (Å²) in [6, 6.07) is -0.956. The predicted molar refractivity (Wildman–Crippen MR) is 87.9 cm³/mol. The maximum Gasteiger partial charge on any atom is 0.326 e. The fraction of sp³-hybridized carbons (Fsp3) is 0.467. The van der Waals surface area contributed by atoms with Crippen LogP contribution in [-0.4, -0.2) is 32.6 Å². The molecule has 2 aromatic rings. The summed E-state index contributed by atoms with van der Waals surface area (Å²) in [7, 11) is 1.59. The molecule has 8 heteroatoms. The Hall–Kier alpha value is -2.22. The third kappa shape index (κ3) is 3.42. The van der Waals surface area contributed by atoms with Crippen LogP contribution in [0.2, 0.25) is 0 Å². The number of carboxylic acid groups (broad SMARTS) is 1. The van der Waals surface area contributed by atoms with Crippen molar-refractivity contribution in [1.29, 1.82) is 0 Å². The van der Waals surface area contributed by atoms with Gasteiger partial charge in [0, 0.05) is 7.05 Å². The highest BCUT2D eigenvalue weighted by Gasteiger charge is 2.25. The summed E-state index contributed by atoms with van der Waals surface area (Å²) in [4.78, 5) is 40.8. The van der Waals surface area contributed by atoms with Crippen LogP contribution in [0, 0.1) is 12.8 Å². The Bertz CT molecular complexity index is 822. The molecule has 2 heterocycles. The molecule has 0 bridgehead atoms. The molecule has 0 radical (unpaired) electrons. The lowest BCUT2D eigenvalue weighted by atomic mass is 10.0. The van der Waals surface area contributed by atoms with Gasteiger partial charge in [-0.15, -0.1) is 11.3 Å². The number of carboxylic acids is 1. The summed E-state index contributed by atoms with van der Waals surface area (Å²) in [6.07, 6.45) is 1.74. The van der Waals surface area contributed by atoms with Gasteiger partial charge in [0.2, 0.25) is 0 Å². The number of rotatable bonds is 5. The second-order valence-electron chi connectivity index (χ2n) is 5.89. The Morgan fingerprint density at radius 2 is 2.09 bits per heavy atom. The highest BCUT2D eigenvalue weighted by molar-refractivity contribution is 7.20. The Balaban J connectivity index is 2.38. The molecule has 1 unspecified atom stereocenters. The number of nitrogens with one attached hydrogen (secondary N) is 1. The van der Waals surface area contributed by atoms with Crippen LogP contribution in [0.5, 0.6) is 0 Å². The number of carbonyl (C=O) groups is 2. The summed E-state index contributed by atoms with van der Waals surface area (Å²) in [5.74, 6) is -1.42. The molecule has 124 valence electrons. The molecule has 0 aliphatic rings. The fourth-order valence-electron chi connectivity index (χ4n) is 2.34. The standard InChI is InChI=1S/C15H19N3O4S/c1-7(2)5-9(15(21)22)17-12(19)11-8(3)10-13(23-11)16-6-18(4)14(10)20/h6-7,9H,5H2,1-4H3,(H,17,19)(H,21,22). The summed E-state index contributed by atoms with van der Waals surface area (Å²) in [6.45, 7) is 5.45. The summed E-state index contributed by atoms with van der Waals surface area (Å²) < 4.78 is 1.35. The average Bonchev–Trinajstić information content (AvgIpc) is 2.79. The number of fused-ring (bicyclic) bond motifs is 1. The SMILES string of the molecule is Cc1c(C(=O)NC(CC(C)C)C(=O)O)sc2ncn(C)c(=O)c12. The molecule has 0 aliphatic carbocycles. The molecule has 2 N–H and O–H groups in total. The monoisotopic (exact) mass is 337 g/mol. The number of hydrogen-bond donors (Lipinski definition) is 2. The number of thiophene rings is 1. The molecule has 1 amide bonds. The van der Waals surface area contributed by atoms with Crippen molar-refractivity contribution < 1.29 is 14.7 Å². The maximum atomic E-state index is 12.4. The molecule has 7 nitrogen and oxygen atoms in total.